The SMILES string of the molecule is CCOc1nn([C@@H](C)CO)c2c1/C=C/c1[nH]nc3c(C)nc(cc13)-c1c(C)nn(C)c1O[C@@H]1COC[C@@H]1N(C)C2. The number of aliphatic hydroxyl groups excluding tert-OH is 1. The first-order chi connectivity index (χ1) is 19.3. The van der Waals surface area contributed by atoms with Gasteiger partial charge in [-0.1, -0.05) is 0 Å². The molecule has 6 heterocycles. The van der Waals surface area contributed by atoms with Crippen molar-refractivity contribution >= 4 is 23.1 Å². The molecule has 0 amide bonds. The van der Waals surface area contributed by atoms with Crippen LogP contribution in [0.3, 0.4) is 0 Å². The van der Waals surface area contributed by atoms with E-state index >= 15 is 0 Å². The summed E-state index contributed by atoms with van der Waals surface area (Å²) in [6.45, 7) is 9.77. The number of nitrogens with zero attached hydrogens (tertiary/aromatic N) is 7. The summed E-state index contributed by atoms with van der Waals surface area (Å²) in [4.78, 5) is 7.13. The van der Waals surface area contributed by atoms with Crippen LogP contribution in [0.1, 0.15) is 48.2 Å². The Morgan fingerprint density at radius 1 is 1.18 bits per heavy atom. The van der Waals surface area contributed by atoms with E-state index in [1.807, 2.05) is 57.6 Å². The molecule has 2 aliphatic rings. The molecular formula is C28H36N8O4. The number of ether oxygens (including phenoxy) is 3. The van der Waals surface area contributed by atoms with E-state index in [4.69, 9.17) is 24.3 Å². The Morgan fingerprint density at radius 2 is 2.00 bits per heavy atom. The predicted octanol–water partition coefficient (Wildman–Crippen LogP) is 2.89. The van der Waals surface area contributed by atoms with Crippen molar-refractivity contribution in [1.82, 2.24) is 39.6 Å². The number of nitrogens with one attached hydrogen (secondary N) is 1. The summed E-state index contributed by atoms with van der Waals surface area (Å²) in [6.07, 6.45) is 3.79. The number of aliphatic hydroxyl groups is 1. The van der Waals surface area contributed by atoms with E-state index < -0.39 is 0 Å². The highest BCUT2D eigenvalue weighted by molar-refractivity contribution is 5.93. The normalized spacial score (nSPS) is 20.9. The number of H-pyrrole nitrogens is 1. The third kappa shape index (κ3) is 4.36. The molecule has 6 rings (SSSR count). The molecule has 40 heavy (non-hydrogen) atoms. The first-order valence-electron chi connectivity index (χ1n) is 13.7. The maximum Gasteiger partial charge on any atom is 0.240 e. The minimum atomic E-state index is -0.233. The number of hydrogen-bond donors (Lipinski definition) is 2. The van der Waals surface area contributed by atoms with E-state index in [0.717, 1.165) is 50.5 Å². The van der Waals surface area contributed by atoms with Crippen LogP contribution in [0.15, 0.2) is 6.07 Å². The van der Waals surface area contributed by atoms with E-state index in [1.165, 1.54) is 0 Å². The van der Waals surface area contributed by atoms with Gasteiger partial charge in [0.1, 0.15) is 11.6 Å². The Balaban J connectivity index is 1.60. The van der Waals surface area contributed by atoms with Crippen LogP contribution in [0, 0.1) is 13.8 Å². The lowest BCUT2D eigenvalue weighted by molar-refractivity contribution is 0.102. The summed E-state index contributed by atoms with van der Waals surface area (Å²) in [6, 6.07) is 1.78. The van der Waals surface area contributed by atoms with E-state index in [-0.39, 0.29) is 24.8 Å². The van der Waals surface area contributed by atoms with Gasteiger partial charge in [0, 0.05) is 19.0 Å². The Hall–Kier alpha value is -3.74. The van der Waals surface area contributed by atoms with Crippen molar-refractivity contribution in [3.63, 3.8) is 0 Å². The molecule has 0 aromatic carbocycles. The fraction of sp³-hybridized carbons (Fsp3) is 0.500. The summed E-state index contributed by atoms with van der Waals surface area (Å²) in [7, 11) is 3.95. The first-order valence-corrected chi connectivity index (χ1v) is 13.7. The van der Waals surface area contributed by atoms with Gasteiger partial charge >= 0.3 is 0 Å². The molecule has 1 saturated heterocycles. The molecule has 0 aliphatic carbocycles. The average Bonchev–Trinajstić information content (AvgIpc) is 3.69. The molecule has 2 aliphatic heterocycles. The summed E-state index contributed by atoms with van der Waals surface area (Å²) >= 11 is 0. The molecule has 2 bridgehead atoms. The van der Waals surface area contributed by atoms with Gasteiger partial charge in [-0.2, -0.15) is 10.2 Å². The highest BCUT2D eigenvalue weighted by Gasteiger charge is 2.36. The van der Waals surface area contributed by atoms with Crippen molar-refractivity contribution in [3.05, 3.63) is 34.4 Å². The fourth-order valence-corrected chi connectivity index (χ4v) is 5.69. The second-order valence-electron chi connectivity index (χ2n) is 10.6. The highest BCUT2D eigenvalue weighted by atomic mass is 16.6. The number of aromatic amines is 1. The number of aromatic nitrogens is 7. The topological polar surface area (TPSA) is 128 Å². The molecule has 0 radical (unpaired) electrons. The molecule has 12 heteroatoms. The zero-order chi connectivity index (χ0) is 28.1. The van der Waals surface area contributed by atoms with Crippen LogP contribution in [-0.2, 0) is 18.3 Å². The maximum absolute atomic E-state index is 10.1. The molecule has 2 N–H and O–H groups in total. The summed E-state index contributed by atoms with van der Waals surface area (Å²) in [5.74, 6) is 1.19. The Morgan fingerprint density at radius 3 is 2.77 bits per heavy atom. The molecule has 3 atom stereocenters. The summed E-state index contributed by atoms with van der Waals surface area (Å²) < 4.78 is 22.3. The van der Waals surface area contributed by atoms with Gasteiger partial charge in [-0.15, -0.1) is 5.10 Å². The lowest BCUT2D eigenvalue weighted by atomic mass is 10.1. The number of hydrogen-bond acceptors (Lipinski definition) is 9. The van der Waals surface area contributed by atoms with E-state index in [9.17, 15) is 5.11 Å². The number of likely N-dealkylation sites (N-methyl/N-ethyl adjacent to an activating group) is 1. The van der Waals surface area contributed by atoms with Gasteiger partial charge in [-0.05, 0) is 53.0 Å². The predicted molar refractivity (Wildman–Crippen MR) is 150 cm³/mol. The molecule has 0 saturated carbocycles. The Bertz CT molecular complexity index is 1580. The summed E-state index contributed by atoms with van der Waals surface area (Å²) in [5.41, 5.74) is 6.72. The van der Waals surface area contributed by atoms with Crippen molar-refractivity contribution in [2.45, 2.75) is 52.4 Å². The van der Waals surface area contributed by atoms with E-state index in [0.29, 0.717) is 38.1 Å². The standard InChI is InChI=1S/C28H36N8O4/c1-7-39-27-18-8-9-20-19-10-21(29-17(4)26(19)31-30-20)25-16(3)32-35(6)28(25)40-24-14-38-13-23(24)34(5)11-22(18)36(33-27)15(2)12-37/h8-10,15,23-24,37H,7,11-14H2,1-6H3,(H,30,31)/b9-8+/t15-,23-,24+/m0/s1. The zero-order valence-corrected chi connectivity index (χ0v) is 23.8. The van der Waals surface area contributed by atoms with Crippen LogP contribution in [0.4, 0.5) is 0 Å². The number of rotatable bonds is 4. The smallest absolute Gasteiger partial charge is 0.240 e. The highest BCUT2D eigenvalue weighted by Crippen LogP contribution is 2.37. The quantitative estimate of drug-likeness (QED) is 0.396. The summed E-state index contributed by atoms with van der Waals surface area (Å²) in [5, 5.41) is 28.2. The third-order valence-corrected chi connectivity index (χ3v) is 7.80. The van der Waals surface area contributed by atoms with Crippen LogP contribution >= 0.6 is 0 Å². The fourth-order valence-electron chi connectivity index (χ4n) is 5.69. The van der Waals surface area contributed by atoms with Crippen molar-refractivity contribution in [2.75, 3.05) is 33.5 Å². The lowest BCUT2D eigenvalue weighted by Crippen LogP contribution is -2.43. The van der Waals surface area contributed by atoms with E-state index in [1.54, 1.807) is 4.68 Å². The average molecular weight is 549 g/mol. The Kier molecular flexibility index (Phi) is 6.85. The molecule has 4 aromatic rings. The molecule has 1 fully saturated rings. The second-order valence-corrected chi connectivity index (χ2v) is 10.6. The van der Waals surface area contributed by atoms with Crippen molar-refractivity contribution in [1.29, 1.82) is 0 Å². The van der Waals surface area contributed by atoms with Gasteiger partial charge in [0.15, 0.2) is 0 Å². The van der Waals surface area contributed by atoms with Crippen LogP contribution in [0.25, 0.3) is 34.3 Å². The molecule has 0 unspecified atom stereocenters. The lowest BCUT2D eigenvalue weighted by Gasteiger charge is -2.29. The van der Waals surface area contributed by atoms with Gasteiger partial charge in [0.05, 0.1) is 78.1 Å². The number of aryl methyl sites for hydroxylation is 3. The molecule has 4 aromatic heterocycles. The van der Waals surface area contributed by atoms with E-state index in [2.05, 4.69) is 27.2 Å². The number of fused-ring (bicyclic) bond motifs is 5. The zero-order valence-electron chi connectivity index (χ0n) is 23.8. The third-order valence-electron chi connectivity index (χ3n) is 7.80. The minimum absolute atomic E-state index is 0.0255. The van der Waals surface area contributed by atoms with Crippen LogP contribution in [-0.4, -0.2) is 90.4 Å². The minimum Gasteiger partial charge on any atom is -0.476 e. The van der Waals surface area contributed by atoms with Crippen molar-refractivity contribution < 1.29 is 19.3 Å². The maximum atomic E-state index is 10.1. The van der Waals surface area contributed by atoms with Crippen LogP contribution in [0.2, 0.25) is 0 Å². The second kappa shape index (κ2) is 10.3. The molecule has 12 nitrogen and oxygen atoms in total. The van der Waals surface area contributed by atoms with Gasteiger partial charge in [-0.25, -0.2) is 4.68 Å². The van der Waals surface area contributed by atoms with Gasteiger partial charge < -0.3 is 19.3 Å². The first kappa shape index (κ1) is 26.5. The Labute approximate surface area is 232 Å². The van der Waals surface area contributed by atoms with Crippen LogP contribution in [0.5, 0.6) is 11.8 Å². The molecule has 0 spiro atoms. The largest absolute Gasteiger partial charge is 0.476 e. The van der Waals surface area contributed by atoms with Crippen molar-refractivity contribution in [2.24, 2.45) is 7.05 Å². The van der Waals surface area contributed by atoms with Crippen LogP contribution < -0.4 is 9.47 Å². The van der Waals surface area contributed by atoms with Crippen molar-refractivity contribution in [3.8, 4) is 23.0 Å². The number of pyridine rings is 1. The molecule has 212 valence electrons. The molecular weight excluding hydrogens is 512 g/mol. The van der Waals surface area contributed by atoms with Gasteiger partial charge in [0.25, 0.3) is 0 Å². The monoisotopic (exact) mass is 548 g/mol. The van der Waals surface area contributed by atoms with Gasteiger partial charge in [-0.3, -0.25) is 19.7 Å². The van der Waals surface area contributed by atoms with Gasteiger partial charge in [0.2, 0.25) is 11.8 Å².